The summed E-state index contributed by atoms with van der Waals surface area (Å²) in [5, 5.41) is 2.65. The molecule has 4 rings (SSSR count). The average molecular weight is 447 g/mol. The number of benzene rings is 1. The first-order valence-electron chi connectivity index (χ1n) is 9.72. The Bertz CT molecular complexity index is 1050. The van der Waals surface area contributed by atoms with Crippen molar-refractivity contribution < 1.29 is 18.0 Å². The summed E-state index contributed by atoms with van der Waals surface area (Å²) in [6.45, 7) is 1.15. The Morgan fingerprint density at radius 2 is 1.84 bits per heavy atom. The number of piperidine rings is 1. The van der Waals surface area contributed by atoms with Crippen molar-refractivity contribution in [3.05, 3.63) is 64.8 Å². The Morgan fingerprint density at radius 3 is 2.45 bits per heavy atom. The number of anilines is 3. The van der Waals surface area contributed by atoms with E-state index < -0.39 is 22.7 Å². The second kappa shape index (κ2) is 8.54. The molecule has 3 aromatic rings. The van der Waals surface area contributed by atoms with Gasteiger partial charge in [-0.3, -0.25) is 4.79 Å². The van der Waals surface area contributed by atoms with Gasteiger partial charge in [-0.2, -0.15) is 13.2 Å². The van der Waals surface area contributed by atoms with Gasteiger partial charge in [-0.25, -0.2) is 9.97 Å². The number of nitrogen functional groups attached to an aromatic ring is 1. The van der Waals surface area contributed by atoms with Crippen LogP contribution in [0.4, 0.5) is 29.8 Å². The summed E-state index contributed by atoms with van der Waals surface area (Å²) in [6.07, 6.45) is -1.83. The van der Waals surface area contributed by atoms with Crippen LogP contribution in [-0.2, 0) is 6.18 Å². The highest BCUT2D eigenvalue weighted by molar-refractivity contribution is 7.17. The first-order chi connectivity index (χ1) is 14.8. The van der Waals surface area contributed by atoms with Crippen molar-refractivity contribution >= 4 is 33.9 Å². The van der Waals surface area contributed by atoms with Gasteiger partial charge in [0.05, 0.1) is 11.9 Å². The summed E-state index contributed by atoms with van der Waals surface area (Å²) >= 11 is 0.758. The Morgan fingerprint density at radius 1 is 1.13 bits per heavy atom. The van der Waals surface area contributed by atoms with Gasteiger partial charge in [0.1, 0.15) is 10.7 Å². The zero-order chi connectivity index (χ0) is 22.0. The van der Waals surface area contributed by atoms with Gasteiger partial charge < -0.3 is 16.0 Å². The molecule has 1 aromatic carbocycles. The molecular formula is C21H20F3N5OS. The summed E-state index contributed by atoms with van der Waals surface area (Å²) < 4.78 is 40.7. The van der Waals surface area contributed by atoms with Crippen LogP contribution in [-0.4, -0.2) is 29.0 Å². The highest BCUT2D eigenvalue weighted by atomic mass is 32.1. The lowest BCUT2D eigenvalue weighted by Crippen LogP contribution is -2.32. The first-order valence-corrected chi connectivity index (χ1v) is 10.5. The van der Waals surface area contributed by atoms with E-state index in [1.807, 2.05) is 23.1 Å². The third kappa shape index (κ3) is 4.79. The van der Waals surface area contributed by atoms with Crippen molar-refractivity contribution in [2.24, 2.45) is 0 Å². The first kappa shape index (κ1) is 21.1. The van der Waals surface area contributed by atoms with Gasteiger partial charge in [0.25, 0.3) is 5.91 Å². The van der Waals surface area contributed by atoms with E-state index in [2.05, 4.69) is 27.4 Å². The lowest BCUT2D eigenvalue weighted by molar-refractivity contribution is -0.141. The third-order valence-electron chi connectivity index (χ3n) is 5.17. The van der Waals surface area contributed by atoms with Gasteiger partial charge in [0.2, 0.25) is 0 Å². The van der Waals surface area contributed by atoms with Crippen LogP contribution in [0, 0.1) is 0 Å². The number of amides is 1. The minimum atomic E-state index is -4.73. The summed E-state index contributed by atoms with van der Waals surface area (Å²) in [5.41, 5.74) is 5.82. The Kier molecular flexibility index (Phi) is 5.81. The van der Waals surface area contributed by atoms with E-state index in [9.17, 15) is 18.0 Å². The van der Waals surface area contributed by atoms with Crippen LogP contribution in [0.3, 0.4) is 0 Å². The number of hydrogen-bond acceptors (Lipinski definition) is 6. The number of halogens is 3. The predicted molar refractivity (Wildman–Crippen MR) is 114 cm³/mol. The monoisotopic (exact) mass is 447 g/mol. The highest BCUT2D eigenvalue weighted by Crippen LogP contribution is 2.39. The molecule has 0 saturated carbocycles. The lowest BCUT2D eigenvalue weighted by atomic mass is 9.90. The van der Waals surface area contributed by atoms with Crippen molar-refractivity contribution in [1.82, 2.24) is 9.97 Å². The molecule has 3 heterocycles. The molecule has 1 amide bonds. The quantitative estimate of drug-likeness (QED) is 0.602. The summed E-state index contributed by atoms with van der Waals surface area (Å²) in [7, 11) is 0. The van der Waals surface area contributed by atoms with E-state index in [0.29, 0.717) is 19.0 Å². The molecule has 6 nitrogen and oxygen atoms in total. The molecule has 1 aliphatic rings. The molecule has 1 fully saturated rings. The molecule has 0 bridgehead atoms. The number of nitrogens with zero attached hydrogens (tertiary/aromatic N) is 3. The maximum absolute atomic E-state index is 13.6. The van der Waals surface area contributed by atoms with Crippen molar-refractivity contribution in [2.45, 2.75) is 24.9 Å². The van der Waals surface area contributed by atoms with Crippen molar-refractivity contribution in [2.75, 3.05) is 29.0 Å². The minimum absolute atomic E-state index is 0.208. The molecule has 1 saturated heterocycles. The molecule has 31 heavy (non-hydrogen) atoms. The molecule has 0 aliphatic carbocycles. The van der Waals surface area contributed by atoms with Gasteiger partial charge in [-0.15, -0.1) is 0 Å². The van der Waals surface area contributed by atoms with Crippen molar-refractivity contribution in [3.63, 3.8) is 0 Å². The number of carbonyl (C=O) groups is 1. The van der Waals surface area contributed by atoms with E-state index in [1.165, 1.54) is 23.9 Å². The van der Waals surface area contributed by atoms with Crippen LogP contribution < -0.4 is 16.0 Å². The third-order valence-corrected chi connectivity index (χ3v) is 6.29. The largest absolute Gasteiger partial charge is 0.435 e. The Hall–Kier alpha value is -3.14. The minimum Gasteiger partial charge on any atom is -0.384 e. The van der Waals surface area contributed by atoms with E-state index in [4.69, 9.17) is 5.73 Å². The molecule has 2 aromatic heterocycles. The molecule has 3 N–H and O–H groups in total. The lowest BCUT2D eigenvalue weighted by Gasteiger charge is -2.32. The molecule has 0 radical (unpaired) electrons. The fraction of sp³-hybridized carbons (Fsp3) is 0.286. The molecular weight excluding hydrogens is 427 g/mol. The van der Waals surface area contributed by atoms with Crippen LogP contribution in [0.2, 0.25) is 0 Å². The van der Waals surface area contributed by atoms with Crippen LogP contribution >= 0.6 is 11.3 Å². The van der Waals surface area contributed by atoms with Crippen LogP contribution in [0.5, 0.6) is 0 Å². The van der Waals surface area contributed by atoms with E-state index in [0.717, 1.165) is 24.2 Å². The normalized spacial score (nSPS) is 15.1. The summed E-state index contributed by atoms with van der Waals surface area (Å²) in [4.78, 5) is 21.6. The number of thiazole rings is 1. The predicted octanol–water partition coefficient (Wildman–Crippen LogP) is 4.78. The molecule has 0 unspecified atom stereocenters. The zero-order valence-corrected chi connectivity index (χ0v) is 17.2. The number of alkyl halides is 3. The fourth-order valence-corrected chi connectivity index (χ4v) is 4.62. The van der Waals surface area contributed by atoms with Crippen LogP contribution in [0.15, 0.2) is 48.7 Å². The second-order valence-corrected chi connectivity index (χ2v) is 8.25. The van der Waals surface area contributed by atoms with Crippen LogP contribution in [0.25, 0.3) is 0 Å². The second-order valence-electron chi connectivity index (χ2n) is 7.27. The van der Waals surface area contributed by atoms with Crippen molar-refractivity contribution in [3.8, 4) is 0 Å². The highest BCUT2D eigenvalue weighted by Gasteiger charge is 2.40. The van der Waals surface area contributed by atoms with Gasteiger partial charge in [-0.05, 0) is 36.5 Å². The van der Waals surface area contributed by atoms with Gasteiger partial charge in [0, 0.05) is 13.1 Å². The topological polar surface area (TPSA) is 84.1 Å². The average Bonchev–Trinajstić information content (AvgIpc) is 3.23. The van der Waals surface area contributed by atoms with Gasteiger partial charge in [-0.1, -0.05) is 41.7 Å². The van der Waals surface area contributed by atoms with Gasteiger partial charge in [0.15, 0.2) is 10.8 Å². The van der Waals surface area contributed by atoms with Crippen LogP contribution in [0.1, 0.15) is 39.7 Å². The Balaban J connectivity index is 1.52. The maximum atomic E-state index is 13.6. The fourth-order valence-electron chi connectivity index (χ4n) is 3.59. The molecule has 0 spiro atoms. The molecule has 162 valence electrons. The molecule has 0 atom stereocenters. The number of hydrogen-bond donors (Lipinski definition) is 2. The number of pyridine rings is 1. The van der Waals surface area contributed by atoms with E-state index in [1.54, 1.807) is 0 Å². The van der Waals surface area contributed by atoms with E-state index >= 15 is 0 Å². The standard InChI is InChI=1S/C21H20F3N5OS/c22-21(23,24)18-17(19(30)27-15-6-7-16(25)26-12-15)31-20(28-18)29-10-8-14(9-11-29)13-4-2-1-3-5-13/h1-7,12,14H,8-11H2,(H2,25,26)(H,27,30). The Labute approximate surface area is 180 Å². The van der Waals surface area contributed by atoms with Gasteiger partial charge >= 0.3 is 6.18 Å². The summed E-state index contributed by atoms with van der Waals surface area (Å²) in [5.74, 6) is -0.268. The number of aromatic nitrogens is 2. The molecule has 10 heteroatoms. The summed E-state index contributed by atoms with van der Waals surface area (Å²) in [6, 6.07) is 13.0. The zero-order valence-electron chi connectivity index (χ0n) is 16.4. The molecule has 1 aliphatic heterocycles. The van der Waals surface area contributed by atoms with E-state index in [-0.39, 0.29) is 16.6 Å². The smallest absolute Gasteiger partial charge is 0.384 e. The number of nitrogens with one attached hydrogen (secondary N) is 1. The number of rotatable bonds is 4. The number of carbonyl (C=O) groups excluding carboxylic acids is 1. The number of nitrogens with two attached hydrogens (primary N) is 1. The van der Waals surface area contributed by atoms with Crippen molar-refractivity contribution in [1.29, 1.82) is 0 Å². The maximum Gasteiger partial charge on any atom is 0.435 e. The SMILES string of the molecule is Nc1ccc(NC(=O)c2sc(N3CCC(c4ccccc4)CC3)nc2C(F)(F)F)cn1.